The van der Waals surface area contributed by atoms with Crippen molar-refractivity contribution in [3.05, 3.63) is 58.4 Å². The van der Waals surface area contributed by atoms with Crippen molar-refractivity contribution >= 4 is 23.1 Å². The van der Waals surface area contributed by atoms with Gasteiger partial charge in [-0.1, -0.05) is 55.3 Å². The summed E-state index contributed by atoms with van der Waals surface area (Å²) in [5.41, 5.74) is 3.58. The Kier molecular flexibility index (Phi) is 7.60. The molecule has 1 heterocycles. The number of halogens is 1. The molecule has 1 aromatic carbocycles. The van der Waals surface area contributed by atoms with E-state index in [0.29, 0.717) is 6.61 Å². The summed E-state index contributed by atoms with van der Waals surface area (Å²) < 4.78 is 10.4. The zero-order valence-corrected chi connectivity index (χ0v) is 16.0. The van der Waals surface area contributed by atoms with E-state index >= 15 is 0 Å². The van der Waals surface area contributed by atoms with E-state index in [1.807, 2.05) is 12.1 Å². The SMILES string of the molecule is CCCC=C(C)c1ccc(COc2ncc(C(=O)OCC)c(Cl)n2)cc1. The van der Waals surface area contributed by atoms with Crippen LogP contribution in [0.4, 0.5) is 0 Å². The highest BCUT2D eigenvalue weighted by molar-refractivity contribution is 6.32. The van der Waals surface area contributed by atoms with E-state index in [0.717, 1.165) is 18.4 Å². The van der Waals surface area contributed by atoms with E-state index in [-0.39, 0.29) is 23.3 Å². The third-order valence-corrected chi connectivity index (χ3v) is 4.02. The summed E-state index contributed by atoms with van der Waals surface area (Å²) in [6.45, 7) is 6.57. The van der Waals surface area contributed by atoms with Gasteiger partial charge in [0.25, 0.3) is 0 Å². The second kappa shape index (κ2) is 9.92. The number of ether oxygens (including phenoxy) is 2. The van der Waals surface area contributed by atoms with Crippen molar-refractivity contribution in [2.24, 2.45) is 0 Å². The Labute approximate surface area is 159 Å². The van der Waals surface area contributed by atoms with Crippen LogP contribution < -0.4 is 4.74 Å². The van der Waals surface area contributed by atoms with Gasteiger partial charge in [-0.3, -0.25) is 0 Å². The van der Waals surface area contributed by atoms with Gasteiger partial charge in [0.05, 0.1) is 12.8 Å². The summed E-state index contributed by atoms with van der Waals surface area (Å²) in [5.74, 6) is -0.550. The molecule has 0 amide bonds. The van der Waals surface area contributed by atoms with Crippen LogP contribution in [0.25, 0.3) is 5.57 Å². The predicted octanol–water partition coefficient (Wildman–Crippen LogP) is 5.09. The van der Waals surface area contributed by atoms with Crippen LogP contribution in [0, 0.1) is 0 Å². The lowest BCUT2D eigenvalue weighted by molar-refractivity contribution is 0.0525. The Morgan fingerprint density at radius 3 is 2.58 bits per heavy atom. The maximum atomic E-state index is 11.7. The molecular formula is C20H23ClN2O3. The van der Waals surface area contributed by atoms with Gasteiger partial charge in [0.1, 0.15) is 12.2 Å². The van der Waals surface area contributed by atoms with E-state index in [2.05, 4.69) is 42.0 Å². The van der Waals surface area contributed by atoms with Gasteiger partial charge >= 0.3 is 12.0 Å². The number of hydrogen-bond acceptors (Lipinski definition) is 5. The van der Waals surface area contributed by atoms with Crippen molar-refractivity contribution < 1.29 is 14.3 Å². The van der Waals surface area contributed by atoms with Crippen molar-refractivity contribution in [3.63, 3.8) is 0 Å². The second-order valence-corrected chi connectivity index (χ2v) is 6.10. The van der Waals surface area contributed by atoms with Crippen molar-refractivity contribution in [2.75, 3.05) is 6.61 Å². The summed E-state index contributed by atoms with van der Waals surface area (Å²) in [7, 11) is 0. The first kappa shape index (κ1) is 19.9. The minimum absolute atomic E-state index is 0.0143. The van der Waals surface area contributed by atoms with E-state index < -0.39 is 5.97 Å². The van der Waals surface area contributed by atoms with E-state index in [9.17, 15) is 4.79 Å². The van der Waals surface area contributed by atoms with Crippen molar-refractivity contribution in [3.8, 4) is 6.01 Å². The minimum Gasteiger partial charge on any atom is -0.462 e. The molecule has 0 aliphatic rings. The lowest BCUT2D eigenvalue weighted by Crippen LogP contribution is -2.08. The minimum atomic E-state index is -0.550. The van der Waals surface area contributed by atoms with Gasteiger partial charge in [-0.2, -0.15) is 4.98 Å². The summed E-state index contributed by atoms with van der Waals surface area (Å²) >= 11 is 6.00. The van der Waals surface area contributed by atoms with Crippen LogP contribution in [0.2, 0.25) is 5.15 Å². The number of benzene rings is 1. The molecule has 0 saturated heterocycles. The Morgan fingerprint density at radius 1 is 1.23 bits per heavy atom. The molecule has 26 heavy (non-hydrogen) atoms. The summed E-state index contributed by atoms with van der Waals surface area (Å²) in [6.07, 6.45) is 5.78. The number of hydrogen-bond donors (Lipinski definition) is 0. The molecule has 0 unspecified atom stereocenters. The van der Waals surface area contributed by atoms with Crippen LogP contribution in [0.1, 0.15) is 55.1 Å². The topological polar surface area (TPSA) is 61.3 Å². The highest BCUT2D eigenvalue weighted by Crippen LogP contribution is 2.19. The normalized spacial score (nSPS) is 11.3. The molecule has 0 aliphatic heterocycles. The van der Waals surface area contributed by atoms with Crippen LogP contribution in [-0.2, 0) is 11.3 Å². The quantitative estimate of drug-likeness (QED) is 0.475. The molecule has 0 spiro atoms. The standard InChI is InChI=1S/C20H23ClN2O3/c1-4-6-7-14(3)16-10-8-15(9-11-16)13-26-20-22-12-17(18(21)23-20)19(24)25-5-2/h7-12H,4-6,13H2,1-3H3. The van der Waals surface area contributed by atoms with Gasteiger partial charge in [0.15, 0.2) is 5.15 Å². The van der Waals surface area contributed by atoms with Gasteiger partial charge in [-0.25, -0.2) is 9.78 Å². The number of esters is 1. The zero-order valence-electron chi connectivity index (χ0n) is 15.3. The van der Waals surface area contributed by atoms with Gasteiger partial charge in [0, 0.05) is 0 Å². The first-order valence-electron chi connectivity index (χ1n) is 8.63. The van der Waals surface area contributed by atoms with Crippen LogP contribution in [-0.4, -0.2) is 22.5 Å². The summed E-state index contributed by atoms with van der Waals surface area (Å²) in [6, 6.07) is 8.27. The third kappa shape index (κ3) is 5.56. The number of rotatable bonds is 8. The fraction of sp³-hybridized carbons (Fsp3) is 0.350. The zero-order chi connectivity index (χ0) is 18.9. The van der Waals surface area contributed by atoms with E-state index in [1.165, 1.54) is 17.3 Å². The van der Waals surface area contributed by atoms with Gasteiger partial charge < -0.3 is 9.47 Å². The van der Waals surface area contributed by atoms with Crippen LogP contribution >= 0.6 is 11.6 Å². The molecule has 2 aromatic rings. The molecule has 0 aliphatic carbocycles. The van der Waals surface area contributed by atoms with Crippen molar-refractivity contribution in [1.82, 2.24) is 9.97 Å². The molecule has 5 nitrogen and oxygen atoms in total. The number of unbranched alkanes of at least 4 members (excludes halogenated alkanes) is 1. The fourth-order valence-electron chi connectivity index (χ4n) is 2.25. The molecule has 0 bridgehead atoms. The first-order valence-corrected chi connectivity index (χ1v) is 9.01. The Morgan fingerprint density at radius 2 is 1.96 bits per heavy atom. The predicted molar refractivity (Wildman–Crippen MR) is 102 cm³/mol. The number of carbonyl (C=O) groups is 1. The van der Waals surface area contributed by atoms with Crippen molar-refractivity contribution in [2.45, 2.75) is 40.2 Å². The monoisotopic (exact) mass is 374 g/mol. The molecule has 0 saturated carbocycles. The average molecular weight is 375 g/mol. The lowest BCUT2D eigenvalue weighted by atomic mass is 10.0. The number of nitrogens with zero attached hydrogens (tertiary/aromatic N) is 2. The molecule has 138 valence electrons. The highest BCUT2D eigenvalue weighted by Gasteiger charge is 2.14. The third-order valence-electron chi connectivity index (χ3n) is 3.73. The van der Waals surface area contributed by atoms with Gasteiger partial charge in [-0.15, -0.1) is 0 Å². The summed E-state index contributed by atoms with van der Waals surface area (Å²) in [5, 5.41) is 0.0143. The number of allylic oxidation sites excluding steroid dienone is 2. The molecule has 0 atom stereocenters. The van der Waals surface area contributed by atoms with Crippen LogP contribution in [0.3, 0.4) is 0 Å². The second-order valence-electron chi connectivity index (χ2n) is 5.74. The Balaban J connectivity index is 1.98. The summed E-state index contributed by atoms with van der Waals surface area (Å²) in [4.78, 5) is 19.7. The Bertz CT molecular complexity index is 773. The van der Waals surface area contributed by atoms with Crippen LogP contribution in [0.5, 0.6) is 6.01 Å². The van der Waals surface area contributed by atoms with Gasteiger partial charge in [0.2, 0.25) is 0 Å². The smallest absolute Gasteiger partial charge is 0.342 e. The van der Waals surface area contributed by atoms with E-state index in [4.69, 9.17) is 21.1 Å². The molecule has 2 rings (SSSR count). The van der Waals surface area contributed by atoms with E-state index in [1.54, 1.807) is 6.92 Å². The lowest BCUT2D eigenvalue weighted by Gasteiger charge is -2.08. The maximum absolute atomic E-state index is 11.7. The molecule has 0 radical (unpaired) electrons. The Hall–Kier alpha value is -2.40. The average Bonchev–Trinajstić information content (AvgIpc) is 2.65. The molecule has 6 heteroatoms. The van der Waals surface area contributed by atoms with Crippen molar-refractivity contribution in [1.29, 1.82) is 0 Å². The highest BCUT2D eigenvalue weighted by atomic mass is 35.5. The van der Waals surface area contributed by atoms with Crippen LogP contribution in [0.15, 0.2) is 36.5 Å². The largest absolute Gasteiger partial charge is 0.462 e. The molecule has 0 N–H and O–H groups in total. The molecule has 1 aromatic heterocycles. The maximum Gasteiger partial charge on any atom is 0.342 e. The first-order chi connectivity index (χ1) is 12.5. The molecular weight excluding hydrogens is 352 g/mol. The number of aromatic nitrogens is 2. The van der Waals surface area contributed by atoms with Gasteiger partial charge in [-0.05, 0) is 37.0 Å². The number of carbonyl (C=O) groups excluding carboxylic acids is 1. The molecule has 0 fully saturated rings. The fourth-order valence-corrected chi connectivity index (χ4v) is 2.45.